The van der Waals surface area contributed by atoms with Gasteiger partial charge in [-0.05, 0) is 7.05 Å². The van der Waals surface area contributed by atoms with Crippen molar-refractivity contribution in [1.29, 1.82) is 0 Å². The van der Waals surface area contributed by atoms with Crippen LogP contribution in [0.2, 0.25) is 0 Å². The van der Waals surface area contributed by atoms with Crippen molar-refractivity contribution in [3.63, 3.8) is 0 Å². The first kappa shape index (κ1) is 7.80. The summed E-state index contributed by atoms with van der Waals surface area (Å²) in [6.07, 6.45) is 4.74. The smallest absolute Gasteiger partial charge is 0.202 e. The Morgan fingerprint density at radius 3 is 2.67 bits per heavy atom. The molecule has 0 N–H and O–H groups in total. The number of carbonyl (C=O) groups excluding carboxylic acids is 1. The van der Waals surface area contributed by atoms with Gasteiger partial charge < -0.3 is 9.64 Å². The van der Waals surface area contributed by atoms with Crippen LogP contribution < -0.4 is 0 Å². The van der Waals surface area contributed by atoms with Crippen molar-refractivity contribution in [2.75, 3.05) is 20.1 Å². The number of ketones is 1. The van der Waals surface area contributed by atoms with E-state index >= 15 is 0 Å². The van der Waals surface area contributed by atoms with Crippen molar-refractivity contribution < 1.29 is 9.53 Å². The molecular weight excluding hydrogens is 154 g/mol. The average Bonchev–Trinajstić information content (AvgIpc) is 2.41. The minimum atomic E-state index is -0.480. The van der Waals surface area contributed by atoms with Crippen LogP contribution in [0, 0.1) is 0 Å². The van der Waals surface area contributed by atoms with Crippen LogP contribution in [0.25, 0.3) is 0 Å². The van der Waals surface area contributed by atoms with E-state index in [0.29, 0.717) is 0 Å². The van der Waals surface area contributed by atoms with Crippen molar-refractivity contribution in [1.82, 2.24) is 4.90 Å². The van der Waals surface area contributed by atoms with Crippen LogP contribution in [0.1, 0.15) is 12.8 Å². The van der Waals surface area contributed by atoms with Gasteiger partial charge in [-0.3, -0.25) is 4.79 Å². The van der Waals surface area contributed by atoms with Gasteiger partial charge in [0.15, 0.2) is 5.60 Å². The molecule has 1 fully saturated rings. The number of rotatable bonds is 0. The molecule has 0 aliphatic carbocycles. The summed E-state index contributed by atoms with van der Waals surface area (Å²) in [4.78, 5) is 13.6. The van der Waals surface area contributed by atoms with Gasteiger partial charge in [0.25, 0.3) is 0 Å². The second-order valence-electron chi connectivity index (χ2n) is 3.58. The molecule has 3 heteroatoms. The zero-order valence-electron chi connectivity index (χ0n) is 7.25. The molecule has 2 aliphatic heterocycles. The van der Waals surface area contributed by atoms with Gasteiger partial charge in [0, 0.05) is 32.0 Å². The monoisotopic (exact) mass is 167 g/mol. The zero-order valence-corrected chi connectivity index (χ0v) is 7.25. The highest BCUT2D eigenvalue weighted by Crippen LogP contribution is 2.30. The van der Waals surface area contributed by atoms with E-state index in [0.717, 1.165) is 25.9 Å². The van der Waals surface area contributed by atoms with Crippen LogP contribution in [0.3, 0.4) is 0 Å². The molecule has 0 saturated carbocycles. The third kappa shape index (κ3) is 1.05. The molecule has 0 radical (unpaired) electrons. The molecule has 2 heterocycles. The van der Waals surface area contributed by atoms with E-state index in [9.17, 15) is 4.79 Å². The molecule has 1 spiro atoms. The summed E-state index contributed by atoms with van der Waals surface area (Å²) in [6.45, 7) is 1.90. The minimum Gasteiger partial charge on any atom is -0.487 e. The molecule has 2 aliphatic rings. The standard InChI is InChI=1S/C9H13NO2/c1-10-5-3-9(4-6-10)8(11)2-7-12-9/h2,7H,3-6H2,1H3. The largest absolute Gasteiger partial charge is 0.487 e. The number of likely N-dealkylation sites (tertiary alicyclic amines) is 1. The molecular formula is C9H13NO2. The maximum Gasteiger partial charge on any atom is 0.202 e. The van der Waals surface area contributed by atoms with Crippen LogP contribution in [0.5, 0.6) is 0 Å². The highest BCUT2D eigenvalue weighted by Gasteiger charge is 2.43. The second kappa shape index (κ2) is 2.59. The average molecular weight is 167 g/mol. The number of piperidine rings is 1. The van der Waals surface area contributed by atoms with E-state index in [1.165, 1.54) is 6.26 Å². The first-order valence-electron chi connectivity index (χ1n) is 4.30. The molecule has 0 unspecified atom stereocenters. The summed E-state index contributed by atoms with van der Waals surface area (Å²) >= 11 is 0. The Morgan fingerprint density at radius 1 is 1.50 bits per heavy atom. The van der Waals surface area contributed by atoms with Crippen LogP contribution in [-0.4, -0.2) is 36.4 Å². The molecule has 0 amide bonds. The molecule has 66 valence electrons. The highest BCUT2D eigenvalue weighted by molar-refractivity contribution is 5.98. The Hall–Kier alpha value is -0.830. The van der Waals surface area contributed by atoms with Crippen LogP contribution in [-0.2, 0) is 9.53 Å². The van der Waals surface area contributed by atoms with Gasteiger partial charge in [0.1, 0.15) is 0 Å². The topological polar surface area (TPSA) is 29.5 Å². The molecule has 0 aromatic rings. The quantitative estimate of drug-likeness (QED) is 0.528. The van der Waals surface area contributed by atoms with E-state index in [4.69, 9.17) is 4.74 Å². The Labute approximate surface area is 72.0 Å². The first-order valence-corrected chi connectivity index (χ1v) is 4.30. The third-order valence-corrected chi connectivity index (χ3v) is 2.76. The Balaban J connectivity index is 2.09. The number of carbonyl (C=O) groups is 1. The lowest BCUT2D eigenvalue weighted by Crippen LogP contribution is -2.46. The molecule has 12 heavy (non-hydrogen) atoms. The molecule has 1 saturated heterocycles. The number of hydrogen-bond donors (Lipinski definition) is 0. The highest BCUT2D eigenvalue weighted by atomic mass is 16.5. The van der Waals surface area contributed by atoms with Crippen molar-refractivity contribution in [3.8, 4) is 0 Å². The van der Waals surface area contributed by atoms with Crippen LogP contribution >= 0.6 is 0 Å². The Kier molecular flexibility index (Phi) is 1.68. The maximum atomic E-state index is 11.4. The molecule has 3 nitrogen and oxygen atoms in total. The van der Waals surface area contributed by atoms with E-state index in [1.54, 1.807) is 6.08 Å². The fourth-order valence-electron chi connectivity index (χ4n) is 1.78. The van der Waals surface area contributed by atoms with E-state index in [2.05, 4.69) is 11.9 Å². The lowest BCUT2D eigenvalue weighted by atomic mass is 9.88. The van der Waals surface area contributed by atoms with E-state index in [1.807, 2.05) is 0 Å². The Morgan fingerprint density at radius 2 is 2.17 bits per heavy atom. The van der Waals surface area contributed by atoms with Crippen molar-refractivity contribution in [2.24, 2.45) is 0 Å². The summed E-state index contributed by atoms with van der Waals surface area (Å²) in [6, 6.07) is 0. The van der Waals surface area contributed by atoms with Gasteiger partial charge in [-0.2, -0.15) is 0 Å². The fourth-order valence-corrected chi connectivity index (χ4v) is 1.78. The molecule has 0 aromatic heterocycles. The SMILES string of the molecule is CN1CCC2(CC1)OC=CC2=O. The summed E-state index contributed by atoms with van der Waals surface area (Å²) in [5.41, 5.74) is -0.480. The number of nitrogens with zero attached hydrogens (tertiary/aromatic N) is 1. The van der Waals surface area contributed by atoms with Gasteiger partial charge in [-0.25, -0.2) is 0 Å². The van der Waals surface area contributed by atoms with Gasteiger partial charge in [-0.1, -0.05) is 0 Å². The first-order chi connectivity index (χ1) is 5.73. The normalized spacial score (nSPS) is 27.9. The molecule has 2 rings (SSSR count). The summed E-state index contributed by atoms with van der Waals surface area (Å²) in [5.74, 6) is 0.149. The van der Waals surface area contributed by atoms with E-state index < -0.39 is 5.60 Å². The lowest BCUT2D eigenvalue weighted by molar-refractivity contribution is -0.133. The van der Waals surface area contributed by atoms with Crippen LogP contribution in [0.15, 0.2) is 12.3 Å². The van der Waals surface area contributed by atoms with Crippen molar-refractivity contribution >= 4 is 5.78 Å². The fraction of sp³-hybridized carbons (Fsp3) is 0.667. The molecule has 0 aromatic carbocycles. The van der Waals surface area contributed by atoms with Crippen molar-refractivity contribution in [3.05, 3.63) is 12.3 Å². The lowest BCUT2D eigenvalue weighted by Gasteiger charge is -2.35. The van der Waals surface area contributed by atoms with Crippen LogP contribution in [0.4, 0.5) is 0 Å². The van der Waals surface area contributed by atoms with Gasteiger partial charge >= 0.3 is 0 Å². The summed E-state index contributed by atoms with van der Waals surface area (Å²) in [5, 5.41) is 0. The summed E-state index contributed by atoms with van der Waals surface area (Å²) < 4.78 is 5.39. The predicted octanol–water partition coefficient (Wildman–Crippen LogP) is 0.564. The van der Waals surface area contributed by atoms with Gasteiger partial charge in [0.05, 0.1) is 6.26 Å². The summed E-state index contributed by atoms with van der Waals surface area (Å²) in [7, 11) is 2.07. The predicted molar refractivity (Wildman–Crippen MR) is 44.7 cm³/mol. The minimum absolute atomic E-state index is 0.149. The zero-order chi connectivity index (χ0) is 8.60. The van der Waals surface area contributed by atoms with Gasteiger partial charge in [-0.15, -0.1) is 0 Å². The van der Waals surface area contributed by atoms with Gasteiger partial charge in [0.2, 0.25) is 5.78 Å². The molecule has 0 atom stereocenters. The second-order valence-corrected chi connectivity index (χ2v) is 3.58. The van der Waals surface area contributed by atoms with Crippen molar-refractivity contribution in [2.45, 2.75) is 18.4 Å². The number of ether oxygens (including phenoxy) is 1. The van der Waals surface area contributed by atoms with E-state index in [-0.39, 0.29) is 5.78 Å². The Bertz CT molecular complexity index is 227. The molecule has 0 bridgehead atoms. The number of hydrogen-bond acceptors (Lipinski definition) is 3. The third-order valence-electron chi connectivity index (χ3n) is 2.76. The maximum absolute atomic E-state index is 11.4.